The highest BCUT2D eigenvalue weighted by atomic mass is 16.6. The van der Waals surface area contributed by atoms with Gasteiger partial charge in [-0.05, 0) is 52.3 Å². The first kappa shape index (κ1) is 20.5. The van der Waals surface area contributed by atoms with Crippen LogP contribution in [0, 0.1) is 6.92 Å². The predicted octanol–water partition coefficient (Wildman–Crippen LogP) is 3.33. The smallest absolute Gasteiger partial charge is 0.410 e. The third-order valence-electron chi connectivity index (χ3n) is 5.12. The second-order valence-electron chi connectivity index (χ2n) is 8.67. The number of hydrogen-bond acceptors (Lipinski definition) is 6. The summed E-state index contributed by atoms with van der Waals surface area (Å²) in [6.45, 7) is 10.5. The SMILES string of the molecule is CCOC(=O)c1cc(C)c2c(c1)OC1(CCN(C(=O)OC(C)(C)C)C1)CC2N. The van der Waals surface area contributed by atoms with Gasteiger partial charge in [0, 0.05) is 31.0 Å². The molecule has 3 rings (SSSR count). The van der Waals surface area contributed by atoms with E-state index < -0.39 is 11.2 Å². The summed E-state index contributed by atoms with van der Waals surface area (Å²) in [5.41, 5.74) is 7.63. The zero-order chi connectivity index (χ0) is 20.7. The van der Waals surface area contributed by atoms with Crippen LogP contribution in [0.3, 0.4) is 0 Å². The van der Waals surface area contributed by atoms with Crippen LogP contribution in [0.25, 0.3) is 0 Å². The lowest BCUT2D eigenvalue weighted by molar-refractivity contribution is 0.0143. The molecular weight excluding hydrogens is 360 g/mol. The molecule has 2 aliphatic heterocycles. The molecule has 154 valence electrons. The molecule has 2 heterocycles. The number of aryl methyl sites for hydroxylation is 1. The van der Waals surface area contributed by atoms with E-state index in [1.54, 1.807) is 24.0 Å². The van der Waals surface area contributed by atoms with Crippen LogP contribution in [0.2, 0.25) is 0 Å². The van der Waals surface area contributed by atoms with E-state index in [2.05, 4.69) is 0 Å². The molecule has 1 spiro atoms. The molecule has 0 bridgehead atoms. The second kappa shape index (κ2) is 7.28. The van der Waals surface area contributed by atoms with Gasteiger partial charge in [-0.15, -0.1) is 0 Å². The van der Waals surface area contributed by atoms with E-state index in [0.29, 0.717) is 43.9 Å². The van der Waals surface area contributed by atoms with Gasteiger partial charge in [0.15, 0.2) is 0 Å². The van der Waals surface area contributed by atoms with Crippen LogP contribution in [0.15, 0.2) is 12.1 Å². The highest BCUT2D eigenvalue weighted by Crippen LogP contribution is 2.44. The number of nitrogens with two attached hydrogens (primary N) is 1. The van der Waals surface area contributed by atoms with E-state index in [-0.39, 0.29) is 18.1 Å². The fourth-order valence-electron chi connectivity index (χ4n) is 4.01. The van der Waals surface area contributed by atoms with Gasteiger partial charge < -0.3 is 24.8 Å². The van der Waals surface area contributed by atoms with Gasteiger partial charge in [-0.1, -0.05) is 0 Å². The molecule has 0 radical (unpaired) electrons. The largest absolute Gasteiger partial charge is 0.485 e. The Balaban J connectivity index is 1.84. The number of amides is 1. The zero-order valence-electron chi connectivity index (χ0n) is 17.3. The number of carbonyl (C=O) groups excluding carboxylic acids is 2. The van der Waals surface area contributed by atoms with Gasteiger partial charge in [-0.2, -0.15) is 0 Å². The van der Waals surface area contributed by atoms with Gasteiger partial charge in [-0.3, -0.25) is 0 Å². The Hall–Kier alpha value is -2.28. The third-order valence-corrected chi connectivity index (χ3v) is 5.12. The van der Waals surface area contributed by atoms with Gasteiger partial charge in [0.25, 0.3) is 0 Å². The minimum Gasteiger partial charge on any atom is -0.485 e. The molecule has 0 saturated carbocycles. The number of likely N-dealkylation sites (tertiary alicyclic amines) is 1. The Morgan fingerprint density at radius 2 is 2.07 bits per heavy atom. The lowest BCUT2D eigenvalue weighted by atomic mass is 9.84. The number of ether oxygens (including phenoxy) is 3. The molecule has 7 heteroatoms. The first-order valence-corrected chi connectivity index (χ1v) is 9.78. The van der Waals surface area contributed by atoms with Gasteiger partial charge >= 0.3 is 12.1 Å². The molecule has 0 aliphatic carbocycles. The monoisotopic (exact) mass is 390 g/mol. The summed E-state index contributed by atoms with van der Waals surface area (Å²) in [5, 5.41) is 0. The van der Waals surface area contributed by atoms with Gasteiger partial charge in [0.1, 0.15) is 17.0 Å². The summed E-state index contributed by atoms with van der Waals surface area (Å²) in [4.78, 5) is 26.3. The second-order valence-corrected chi connectivity index (χ2v) is 8.67. The Kier molecular flexibility index (Phi) is 5.32. The molecule has 0 aromatic heterocycles. The summed E-state index contributed by atoms with van der Waals surface area (Å²) in [6, 6.07) is 3.27. The predicted molar refractivity (Wildman–Crippen MR) is 104 cm³/mol. The van der Waals surface area contributed by atoms with Crippen molar-refractivity contribution in [3.8, 4) is 5.75 Å². The molecule has 2 atom stereocenters. The molecule has 1 saturated heterocycles. The Labute approximate surface area is 166 Å². The van der Waals surface area contributed by atoms with Crippen molar-refractivity contribution < 1.29 is 23.8 Å². The topological polar surface area (TPSA) is 91.1 Å². The van der Waals surface area contributed by atoms with Gasteiger partial charge in [-0.25, -0.2) is 9.59 Å². The van der Waals surface area contributed by atoms with Gasteiger partial charge in [0.2, 0.25) is 0 Å². The molecule has 28 heavy (non-hydrogen) atoms. The van der Waals surface area contributed by atoms with Crippen LogP contribution in [-0.4, -0.2) is 47.9 Å². The van der Waals surface area contributed by atoms with E-state index in [1.807, 2.05) is 27.7 Å². The first-order valence-electron chi connectivity index (χ1n) is 9.78. The maximum Gasteiger partial charge on any atom is 0.410 e. The lowest BCUT2D eigenvalue weighted by Crippen LogP contribution is -2.46. The van der Waals surface area contributed by atoms with Crippen LogP contribution in [0.5, 0.6) is 5.75 Å². The number of rotatable bonds is 2. The molecule has 2 N–H and O–H groups in total. The number of nitrogens with zero attached hydrogens (tertiary/aromatic N) is 1. The van der Waals surface area contributed by atoms with Crippen LogP contribution in [-0.2, 0) is 9.47 Å². The number of fused-ring (bicyclic) bond motifs is 1. The van der Waals surface area contributed by atoms with E-state index in [0.717, 1.165) is 11.1 Å². The standard InChI is InChI=1S/C21H30N2O5/c1-6-26-18(24)14-9-13(2)17-15(22)11-21(27-16(17)10-14)7-8-23(12-21)19(25)28-20(3,4)5/h9-10,15H,6-8,11-12,22H2,1-5H3. The van der Waals surface area contributed by atoms with Crippen molar-refractivity contribution in [3.63, 3.8) is 0 Å². The van der Waals surface area contributed by atoms with Crippen molar-refractivity contribution in [2.24, 2.45) is 5.73 Å². The fourth-order valence-corrected chi connectivity index (χ4v) is 4.01. The summed E-state index contributed by atoms with van der Waals surface area (Å²) < 4.78 is 17.0. The van der Waals surface area contributed by atoms with Crippen LogP contribution in [0.4, 0.5) is 4.79 Å². The zero-order valence-corrected chi connectivity index (χ0v) is 17.3. The molecule has 2 unspecified atom stereocenters. The molecule has 1 amide bonds. The van der Waals surface area contributed by atoms with Crippen molar-refractivity contribution in [1.29, 1.82) is 0 Å². The number of hydrogen-bond donors (Lipinski definition) is 1. The van der Waals surface area contributed by atoms with E-state index in [4.69, 9.17) is 19.9 Å². The van der Waals surface area contributed by atoms with Crippen molar-refractivity contribution in [2.75, 3.05) is 19.7 Å². The summed E-state index contributed by atoms with van der Waals surface area (Å²) >= 11 is 0. The normalized spacial score (nSPS) is 23.9. The maximum absolute atomic E-state index is 12.4. The third kappa shape index (κ3) is 4.09. The van der Waals surface area contributed by atoms with Crippen LogP contribution < -0.4 is 10.5 Å². The number of esters is 1. The molecule has 1 aromatic carbocycles. The van der Waals surface area contributed by atoms with E-state index in [1.165, 1.54) is 0 Å². The molecular formula is C21H30N2O5. The lowest BCUT2D eigenvalue weighted by Gasteiger charge is -2.39. The molecule has 2 aliphatic rings. The Bertz CT molecular complexity index is 786. The molecule has 1 aromatic rings. The molecule has 7 nitrogen and oxygen atoms in total. The van der Waals surface area contributed by atoms with E-state index >= 15 is 0 Å². The number of benzene rings is 1. The maximum atomic E-state index is 12.4. The quantitative estimate of drug-likeness (QED) is 0.779. The van der Waals surface area contributed by atoms with Crippen LogP contribution in [0.1, 0.15) is 68.1 Å². The molecule has 1 fully saturated rings. The minimum atomic E-state index is -0.566. The highest BCUT2D eigenvalue weighted by molar-refractivity contribution is 5.90. The first-order chi connectivity index (χ1) is 13.0. The van der Waals surface area contributed by atoms with E-state index in [9.17, 15) is 9.59 Å². The summed E-state index contributed by atoms with van der Waals surface area (Å²) in [5.74, 6) is 0.222. The van der Waals surface area contributed by atoms with Crippen molar-refractivity contribution in [3.05, 3.63) is 28.8 Å². The average molecular weight is 390 g/mol. The summed E-state index contributed by atoms with van der Waals surface area (Å²) in [6.07, 6.45) is 0.935. The van der Waals surface area contributed by atoms with Gasteiger partial charge in [0.05, 0.1) is 18.7 Å². The van der Waals surface area contributed by atoms with Crippen LogP contribution >= 0.6 is 0 Å². The Morgan fingerprint density at radius 3 is 2.71 bits per heavy atom. The minimum absolute atomic E-state index is 0.224. The Morgan fingerprint density at radius 1 is 1.36 bits per heavy atom. The average Bonchev–Trinajstić information content (AvgIpc) is 2.95. The van der Waals surface area contributed by atoms with Crippen molar-refractivity contribution in [1.82, 2.24) is 4.90 Å². The number of carbonyl (C=O) groups is 2. The highest BCUT2D eigenvalue weighted by Gasteiger charge is 2.47. The summed E-state index contributed by atoms with van der Waals surface area (Å²) in [7, 11) is 0. The van der Waals surface area contributed by atoms with Crippen molar-refractivity contribution >= 4 is 12.1 Å². The van der Waals surface area contributed by atoms with Crippen molar-refractivity contribution in [2.45, 2.75) is 64.7 Å². The fraction of sp³-hybridized carbons (Fsp3) is 0.619.